The summed E-state index contributed by atoms with van der Waals surface area (Å²) in [6.07, 6.45) is 2.19. The molecule has 202 valence electrons. The fourth-order valence-electron chi connectivity index (χ4n) is 4.32. The number of aliphatic carboxylic acids is 1. The molecular weight excluding hydrogens is 530 g/mol. The smallest absolute Gasteiger partial charge is 0.305 e. The van der Waals surface area contributed by atoms with E-state index in [1.165, 1.54) is 5.56 Å². The van der Waals surface area contributed by atoms with Crippen LogP contribution in [0.2, 0.25) is 5.02 Å². The van der Waals surface area contributed by atoms with Gasteiger partial charge in [0.05, 0.1) is 18.7 Å². The van der Waals surface area contributed by atoms with Crippen LogP contribution in [0.4, 0.5) is 10.8 Å². The van der Waals surface area contributed by atoms with Gasteiger partial charge in [0, 0.05) is 33.8 Å². The number of benzene rings is 3. The summed E-state index contributed by atoms with van der Waals surface area (Å²) in [5, 5.41) is 15.0. The van der Waals surface area contributed by atoms with Crippen molar-refractivity contribution in [2.24, 2.45) is 0 Å². The van der Waals surface area contributed by atoms with Crippen molar-refractivity contribution in [2.75, 3.05) is 11.4 Å². The van der Waals surface area contributed by atoms with Crippen molar-refractivity contribution in [1.29, 1.82) is 0 Å². The number of carboxylic acids is 1. The number of halogens is 1. The molecule has 3 aromatic carbocycles. The van der Waals surface area contributed by atoms with E-state index in [0.29, 0.717) is 23.0 Å². The van der Waals surface area contributed by atoms with Crippen molar-refractivity contribution < 1.29 is 14.7 Å². The number of hydrogen-bond acceptors (Lipinski definition) is 5. The second-order valence-corrected chi connectivity index (χ2v) is 10.8. The van der Waals surface area contributed by atoms with Gasteiger partial charge in [0.1, 0.15) is 0 Å². The van der Waals surface area contributed by atoms with Gasteiger partial charge in [-0.25, -0.2) is 4.98 Å². The van der Waals surface area contributed by atoms with Crippen LogP contribution >= 0.6 is 22.9 Å². The van der Waals surface area contributed by atoms with Gasteiger partial charge >= 0.3 is 5.97 Å². The van der Waals surface area contributed by atoms with Gasteiger partial charge < -0.3 is 15.3 Å². The highest BCUT2D eigenvalue weighted by molar-refractivity contribution is 7.14. The van der Waals surface area contributed by atoms with E-state index in [1.54, 1.807) is 23.5 Å². The molecule has 0 saturated carbocycles. The molecule has 0 fully saturated rings. The molecule has 0 spiro atoms. The molecule has 0 aliphatic carbocycles. The Kier molecular flexibility index (Phi) is 9.74. The molecule has 8 heteroatoms. The number of nitrogens with one attached hydrogen (secondary N) is 1. The van der Waals surface area contributed by atoms with Gasteiger partial charge in [0.25, 0.3) is 5.91 Å². The molecule has 1 amide bonds. The van der Waals surface area contributed by atoms with E-state index in [9.17, 15) is 9.59 Å². The molecule has 0 radical (unpaired) electrons. The van der Waals surface area contributed by atoms with E-state index in [2.05, 4.69) is 48.3 Å². The summed E-state index contributed by atoms with van der Waals surface area (Å²) < 4.78 is 0. The Labute approximate surface area is 238 Å². The molecule has 4 rings (SSSR count). The van der Waals surface area contributed by atoms with Crippen LogP contribution in [0.5, 0.6) is 0 Å². The van der Waals surface area contributed by atoms with Gasteiger partial charge in [-0.2, -0.15) is 0 Å². The molecule has 1 unspecified atom stereocenters. The van der Waals surface area contributed by atoms with E-state index in [1.807, 2.05) is 41.8 Å². The maximum Gasteiger partial charge on any atom is 0.305 e. The number of carbonyl (C=O) groups excluding carboxylic acids is 1. The minimum absolute atomic E-state index is 0.0938. The first-order chi connectivity index (χ1) is 18.8. The Morgan fingerprint density at radius 3 is 2.36 bits per heavy atom. The normalized spacial score (nSPS) is 11.7. The maximum absolute atomic E-state index is 12.4. The number of nitrogens with zero attached hydrogens (tertiary/aromatic N) is 2. The van der Waals surface area contributed by atoms with Crippen LogP contribution in [0, 0.1) is 0 Å². The van der Waals surface area contributed by atoms with Gasteiger partial charge in [-0.1, -0.05) is 68.3 Å². The lowest BCUT2D eigenvalue weighted by atomic mass is 9.96. The van der Waals surface area contributed by atoms with Crippen LogP contribution in [0.25, 0.3) is 11.3 Å². The van der Waals surface area contributed by atoms with Crippen molar-refractivity contribution >= 4 is 45.6 Å². The first kappa shape index (κ1) is 28.3. The average Bonchev–Trinajstić information content (AvgIpc) is 3.42. The second-order valence-electron chi connectivity index (χ2n) is 9.49. The van der Waals surface area contributed by atoms with Crippen molar-refractivity contribution in [3.8, 4) is 11.3 Å². The van der Waals surface area contributed by atoms with Crippen LogP contribution < -0.4 is 10.2 Å². The highest BCUT2D eigenvalue weighted by Crippen LogP contribution is 2.35. The highest BCUT2D eigenvalue weighted by Gasteiger charge is 2.17. The molecule has 1 heterocycles. The number of anilines is 2. The average molecular weight is 562 g/mol. The molecule has 0 aliphatic rings. The number of carbonyl (C=O) groups is 2. The summed E-state index contributed by atoms with van der Waals surface area (Å²) in [5.41, 5.74) is 5.75. The number of amides is 1. The molecule has 0 saturated heterocycles. The largest absolute Gasteiger partial charge is 0.481 e. The maximum atomic E-state index is 12.4. The Hall–Kier alpha value is -3.68. The summed E-state index contributed by atoms with van der Waals surface area (Å²) in [7, 11) is 0. The summed E-state index contributed by atoms with van der Waals surface area (Å²) in [5.74, 6) is -0.730. The van der Waals surface area contributed by atoms with E-state index >= 15 is 0 Å². The van der Waals surface area contributed by atoms with E-state index < -0.39 is 5.97 Å². The van der Waals surface area contributed by atoms with E-state index in [4.69, 9.17) is 21.7 Å². The van der Waals surface area contributed by atoms with Crippen molar-refractivity contribution in [1.82, 2.24) is 10.3 Å². The third kappa shape index (κ3) is 7.68. The van der Waals surface area contributed by atoms with Gasteiger partial charge in [-0.3, -0.25) is 9.59 Å². The minimum Gasteiger partial charge on any atom is -0.481 e. The van der Waals surface area contributed by atoms with Crippen LogP contribution in [-0.2, 0) is 11.3 Å². The molecule has 0 aliphatic heterocycles. The molecule has 1 atom stereocenters. The van der Waals surface area contributed by atoms with Crippen molar-refractivity contribution in [2.45, 2.75) is 45.6 Å². The standard InChI is InChI=1S/C31H32ClN3O3S/c1-3-4-21(2)23-11-15-27(16-12-23)35(31-34-28(20-39-31)24-9-13-26(32)14-10-24)19-22-5-7-25(8-6-22)30(38)33-18-17-29(36)37/h5-16,20-21H,3-4,17-19H2,1-2H3,(H,33,38)(H,36,37). The minimum atomic E-state index is -0.944. The topological polar surface area (TPSA) is 82.5 Å². The lowest BCUT2D eigenvalue weighted by molar-refractivity contribution is -0.136. The van der Waals surface area contributed by atoms with Crippen molar-refractivity contribution in [3.63, 3.8) is 0 Å². The number of carboxylic acid groups (broad SMARTS) is 1. The van der Waals surface area contributed by atoms with Gasteiger partial charge in [-0.05, 0) is 59.9 Å². The zero-order chi connectivity index (χ0) is 27.8. The van der Waals surface area contributed by atoms with Gasteiger partial charge in [0.15, 0.2) is 5.13 Å². The van der Waals surface area contributed by atoms with Gasteiger partial charge in [0.2, 0.25) is 0 Å². The summed E-state index contributed by atoms with van der Waals surface area (Å²) in [6, 6.07) is 23.7. The molecule has 0 bridgehead atoms. The number of aromatic nitrogens is 1. The summed E-state index contributed by atoms with van der Waals surface area (Å²) >= 11 is 7.65. The zero-order valence-corrected chi connectivity index (χ0v) is 23.6. The molecule has 4 aromatic rings. The van der Waals surface area contributed by atoms with Crippen LogP contribution in [0.3, 0.4) is 0 Å². The Bertz CT molecular complexity index is 1390. The summed E-state index contributed by atoms with van der Waals surface area (Å²) in [4.78, 5) is 30.2. The first-order valence-corrected chi connectivity index (χ1v) is 14.3. The fraction of sp³-hybridized carbons (Fsp3) is 0.258. The molecular formula is C31H32ClN3O3S. The van der Waals surface area contributed by atoms with Crippen LogP contribution in [0.1, 0.15) is 60.5 Å². The molecule has 6 nitrogen and oxygen atoms in total. The molecule has 1 aromatic heterocycles. The Morgan fingerprint density at radius 2 is 1.72 bits per heavy atom. The van der Waals surface area contributed by atoms with Gasteiger partial charge in [-0.15, -0.1) is 11.3 Å². The third-order valence-electron chi connectivity index (χ3n) is 6.54. The third-order valence-corrected chi connectivity index (χ3v) is 7.66. The van der Waals surface area contributed by atoms with Crippen LogP contribution in [0.15, 0.2) is 78.2 Å². The first-order valence-electron chi connectivity index (χ1n) is 13.0. The Balaban J connectivity index is 1.58. The van der Waals surface area contributed by atoms with E-state index in [-0.39, 0.29) is 18.9 Å². The SMILES string of the molecule is CCCC(C)c1ccc(N(Cc2ccc(C(=O)NCCC(=O)O)cc2)c2nc(-c3ccc(Cl)cc3)cs2)cc1. The van der Waals surface area contributed by atoms with E-state index in [0.717, 1.165) is 40.5 Å². The number of thiazole rings is 1. The Morgan fingerprint density at radius 1 is 1.03 bits per heavy atom. The predicted molar refractivity (Wildman–Crippen MR) is 159 cm³/mol. The quantitative estimate of drug-likeness (QED) is 0.184. The lowest BCUT2D eigenvalue weighted by Crippen LogP contribution is -2.26. The van der Waals surface area contributed by atoms with Crippen LogP contribution in [-0.4, -0.2) is 28.5 Å². The lowest BCUT2D eigenvalue weighted by Gasteiger charge is -2.23. The monoisotopic (exact) mass is 561 g/mol. The molecule has 2 N–H and O–H groups in total. The number of rotatable bonds is 12. The highest BCUT2D eigenvalue weighted by atomic mass is 35.5. The zero-order valence-electron chi connectivity index (χ0n) is 22.1. The van der Waals surface area contributed by atoms with Crippen molar-refractivity contribution in [3.05, 3.63) is 99.9 Å². The summed E-state index contributed by atoms with van der Waals surface area (Å²) in [6.45, 7) is 5.13. The molecule has 39 heavy (non-hydrogen) atoms. The predicted octanol–water partition coefficient (Wildman–Crippen LogP) is 7.91. The number of hydrogen-bond donors (Lipinski definition) is 2. The fourth-order valence-corrected chi connectivity index (χ4v) is 5.30. The second kappa shape index (κ2) is 13.4.